The lowest BCUT2D eigenvalue weighted by Crippen LogP contribution is -2.50. The molecule has 1 aliphatic heterocycles. The molecule has 1 unspecified atom stereocenters. The van der Waals surface area contributed by atoms with Gasteiger partial charge in [-0.3, -0.25) is 4.79 Å². The quantitative estimate of drug-likeness (QED) is 0.764. The molecule has 140 valence electrons. The fourth-order valence-electron chi connectivity index (χ4n) is 2.65. The maximum atomic E-state index is 12.4. The lowest BCUT2D eigenvalue weighted by molar-refractivity contribution is -0.123. The minimum Gasteiger partial charge on any atom is -0.495 e. The Kier molecular flexibility index (Phi) is 6.67. The molecule has 1 amide bonds. The molecule has 0 saturated carbocycles. The zero-order chi connectivity index (χ0) is 18.6. The van der Waals surface area contributed by atoms with Gasteiger partial charge >= 0.3 is 0 Å². The van der Waals surface area contributed by atoms with Crippen LogP contribution in [0.3, 0.4) is 0 Å². The molecule has 1 fully saturated rings. The van der Waals surface area contributed by atoms with Crippen LogP contribution in [0.4, 0.5) is 0 Å². The molecule has 0 aliphatic carbocycles. The summed E-state index contributed by atoms with van der Waals surface area (Å²) in [5.41, 5.74) is 0. The van der Waals surface area contributed by atoms with Crippen LogP contribution in [0.1, 0.15) is 19.8 Å². The third-order valence-electron chi connectivity index (χ3n) is 4.22. The molecule has 1 heterocycles. The highest BCUT2D eigenvalue weighted by Crippen LogP contribution is 2.26. The van der Waals surface area contributed by atoms with Gasteiger partial charge in [0.1, 0.15) is 5.75 Å². The second kappa shape index (κ2) is 8.35. The summed E-state index contributed by atoms with van der Waals surface area (Å²) in [4.78, 5) is 14.5. The highest BCUT2D eigenvalue weighted by molar-refractivity contribution is 7.89. The van der Waals surface area contributed by atoms with E-state index in [1.165, 1.54) is 32.2 Å². The van der Waals surface area contributed by atoms with E-state index < -0.39 is 16.1 Å². The number of piperidine rings is 1. The first-order chi connectivity index (χ1) is 11.7. The summed E-state index contributed by atoms with van der Waals surface area (Å²) < 4.78 is 32.3. The number of nitrogens with zero attached hydrogens (tertiary/aromatic N) is 1. The zero-order valence-corrected chi connectivity index (χ0v) is 16.2. The normalized spacial score (nSPS) is 17.9. The number of ether oxygens (including phenoxy) is 1. The number of nitrogens with one attached hydrogen (secondary N) is 2. The van der Waals surface area contributed by atoms with Gasteiger partial charge in [0.05, 0.1) is 23.1 Å². The Morgan fingerprint density at radius 2 is 2.00 bits per heavy atom. The molecule has 1 aromatic rings. The molecule has 25 heavy (non-hydrogen) atoms. The van der Waals surface area contributed by atoms with E-state index in [-0.39, 0.29) is 21.9 Å². The minimum absolute atomic E-state index is 0.0164. The Labute approximate surface area is 153 Å². The van der Waals surface area contributed by atoms with Gasteiger partial charge < -0.3 is 15.0 Å². The van der Waals surface area contributed by atoms with E-state index in [2.05, 4.69) is 14.9 Å². The fourth-order valence-corrected chi connectivity index (χ4v) is 4.20. The van der Waals surface area contributed by atoms with E-state index >= 15 is 0 Å². The number of hydrogen-bond donors (Lipinski definition) is 2. The van der Waals surface area contributed by atoms with Crippen molar-refractivity contribution in [1.29, 1.82) is 0 Å². The molecular weight excluding hydrogens is 366 g/mol. The monoisotopic (exact) mass is 389 g/mol. The first-order valence-corrected chi connectivity index (χ1v) is 9.94. The molecule has 1 atom stereocenters. The Hall–Kier alpha value is -1.35. The zero-order valence-electron chi connectivity index (χ0n) is 14.6. The molecule has 9 heteroatoms. The predicted octanol–water partition coefficient (Wildman–Crippen LogP) is 1.23. The second-order valence-corrected chi connectivity index (χ2v) is 8.35. The first-order valence-electron chi connectivity index (χ1n) is 8.07. The highest BCUT2D eigenvalue weighted by Gasteiger charge is 2.25. The third-order valence-corrected chi connectivity index (χ3v) is 6.06. The maximum absolute atomic E-state index is 12.4. The molecule has 1 aromatic carbocycles. The number of sulfonamides is 1. The maximum Gasteiger partial charge on any atom is 0.241 e. The molecular formula is C16H24ClN3O4S. The lowest BCUT2D eigenvalue weighted by Gasteiger charge is -2.30. The van der Waals surface area contributed by atoms with Crippen molar-refractivity contribution >= 4 is 27.5 Å². The summed E-state index contributed by atoms with van der Waals surface area (Å²) in [6.07, 6.45) is 1.71. The summed E-state index contributed by atoms with van der Waals surface area (Å²) in [5.74, 6) is 0.0476. The van der Waals surface area contributed by atoms with Crippen LogP contribution >= 0.6 is 11.6 Å². The fraction of sp³-hybridized carbons (Fsp3) is 0.562. The van der Waals surface area contributed by atoms with E-state index in [1.807, 2.05) is 7.05 Å². The topological polar surface area (TPSA) is 87.7 Å². The number of hydrogen-bond acceptors (Lipinski definition) is 5. The number of likely N-dealkylation sites (tertiary alicyclic amines) is 1. The van der Waals surface area contributed by atoms with E-state index in [1.54, 1.807) is 0 Å². The summed E-state index contributed by atoms with van der Waals surface area (Å²) in [6, 6.07) is 3.34. The van der Waals surface area contributed by atoms with Crippen molar-refractivity contribution < 1.29 is 17.9 Å². The smallest absolute Gasteiger partial charge is 0.241 e. The number of halogens is 1. The van der Waals surface area contributed by atoms with Crippen molar-refractivity contribution in [2.45, 2.75) is 36.7 Å². The van der Waals surface area contributed by atoms with Crippen LogP contribution in [0, 0.1) is 0 Å². The van der Waals surface area contributed by atoms with Crippen molar-refractivity contribution in [2.75, 3.05) is 27.2 Å². The van der Waals surface area contributed by atoms with E-state index in [0.717, 1.165) is 25.9 Å². The van der Waals surface area contributed by atoms with Gasteiger partial charge in [-0.15, -0.1) is 0 Å². The summed E-state index contributed by atoms with van der Waals surface area (Å²) >= 11 is 5.97. The standard InChI is InChI=1S/C16H24ClN3O4S/c1-11(16(21)18-12-6-8-20(2)9-7-12)19-25(22,23)13-4-5-15(24-3)14(17)10-13/h4-5,10-12,19H,6-9H2,1-3H3,(H,18,21). The van der Waals surface area contributed by atoms with Crippen molar-refractivity contribution in [2.24, 2.45) is 0 Å². The highest BCUT2D eigenvalue weighted by atomic mass is 35.5. The molecule has 0 bridgehead atoms. The van der Waals surface area contributed by atoms with Gasteiger partial charge in [0.15, 0.2) is 0 Å². The second-order valence-electron chi connectivity index (χ2n) is 6.23. The molecule has 1 saturated heterocycles. The van der Waals surface area contributed by atoms with Crippen molar-refractivity contribution in [3.8, 4) is 5.75 Å². The summed E-state index contributed by atoms with van der Waals surface area (Å²) in [7, 11) is -0.377. The number of amides is 1. The van der Waals surface area contributed by atoms with Crippen LogP contribution in [0.15, 0.2) is 23.1 Å². The van der Waals surface area contributed by atoms with Crippen molar-refractivity contribution in [3.05, 3.63) is 23.2 Å². The Bertz CT molecular complexity index is 718. The number of rotatable bonds is 6. The van der Waals surface area contributed by atoms with Gasteiger partial charge in [-0.25, -0.2) is 8.42 Å². The van der Waals surface area contributed by atoms with Gasteiger partial charge in [-0.05, 0) is 58.1 Å². The van der Waals surface area contributed by atoms with Gasteiger partial charge in [-0.1, -0.05) is 11.6 Å². The van der Waals surface area contributed by atoms with Crippen LogP contribution in [0.25, 0.3) is 0 Å². The number of methoxy groups -OCH3 is 1. The van der Waals surface area contributed by atoms with Crippen LogP contribution in [0.5, 0.6) is 5.75 Å². The van der Waals surface area contributed by atoms with Gasteiger partial charge in [0.2, 0.25) is 15.9 Å². The Morgan fingerprint density at radius 3 is 2.56 bits per heavy atom. The first kappa shape index (κ1) is 20.0. The lowest BCUT2D eigenvalue weighted by atomic mass is 10.1. The molecule has 2 rings (SSSR count). The van der Waals surface area contributed by atoms with Gasteiger partial charge in [0.25, 0.3) is 0 Å². The third kappa shape index (κ3) is 5.31. The van der Waals surface area contributed by atoms with Crippen molar-refractivity contribution in [1.82, 2.24) is 14.9 Å². The summed E-state index contributed by atoms with van der Waals surface area (Å²) in [6.45, 7) is 3.35. The molecule has 0 aromatic heterocycles. The van der Waals surface area contributed by atoms with Crippen LogP contribution in [-0.4, -0.2) is 58.6 Å². The average Bonchev–Trinajstić information content (AvgIpc) is 2.56. The van der Waals surface area contributed by atoms with E-state index in [0.29, 0.717) is 5.75 Å². The molecule has 7 nitrogen and oxygen atoms in total. The molecule has 0 spiro atoms. The number of carbonyl (C=O) groups excluding carboxylic acids is 1. The van der Waals surface area contributed by atoms with Crippen LogP contribution in [-0.2, 0) is 14.8 Å². The molecule has 1 aliphatic rings. The van der Waals surface area contributed by atoms with Crippen LogP contribution < -0.4 is 14.8 Å². The van der Waals surface area contributed by atoms with Crippen LogP contribution in [0.2, 0.25) is 5.02 Å². The van der Waals surface area contributed by atoms with Gasteiger partial charge in [0, 0.05) is 6.04 Å². The SMILES string of the molecule is COc1ccc(S(=O)(=O)NC(C)C(=O)NC2CCN(C)CC2)cc1Cl. The predicted molar refractivity (Wildman–Crippen MR) is 96.4 cm³/mol. The van der Waals surface area contributed by atoms with Crippen molar-refractivity contribution in [3.63, 3.8) is 0 Å². The minimum atomic E-state index is -3.86. The van der Waals surface area contributed by atoms with Gasteiger partial charge in [-0.2, -0.15) is 4.72 Å². The Morgan fingerprint density at radius 1 is 1.36 bits per heavy atom. The average molecular weight is 390 g/mol. The molecule has 0 radical (unpaired) electrons. The Balaban J connectivity index is 1.99. The van der Waals surface area contributed by atoms with E-state index in [9.17, 15) is 13.2 Å². The summed E-state index contributed by atoms with van der Waals surface area (Å²) in [5, 5.41) is 3.09. The number of carbonyl (C=O) groups is 1. The molecule has 2 N–H and O–H groups in total. The number of benzene rings is 1. The van der Waals surface area contributed by atoms with E-state index in [4.69, 9.17) is 16.3 Å². The largest absolute Gasteiger partial charge is 0.495 e.